The van der Waals surface area contributed by atoms with E-state index in [1.54, 1.807) is 6.20 Å². The number of aromatic nitrogens is 1. The molecule has 1 aliphatic rings. The van der Waals surface area contributed by atoms with Crippen LogP contribution in [0.25, 0.3) is 10.8 Å². The predicted octanol–water partition coefficient (Wildman–Crippen LogP) is 4.82. The summed E-state index contributed by atoms with van der Waals surface area (Å²) >= 11 is 6.37. The molecule has 1 aromatic heterocycles. The van der Waals surface area contributed by atoms with Crippen molar-refractivity contribution in [2.45, 2.75) is 51.7 Å². The normalized spacial score (nSPS) is 21.7. The highest BCUT2D eigenvalue weighted by Gasteiger charge is 2.23. The first-order valence-corrected chi connectivity index (χ1v) is 8.93. The summed E-state index contributed by atoms with van der Waals surface area (Å²) in [5.41, 5.74) is 0. The predicted molar refractivity (Wildman–Crippen MR) is 96.3 cm³/mol. The lowest BCUT2D eigenvalue weighted by Gasteiger charge is -2.30. The van der Waals surface area contributed by atoms with E-state index in [2.05, 4.69) is 24.1 Å². The average Bonchev–Trinajstić information content (AvgIpc) is 2.55. The van der Waals surface area contributed by atoms with Crippen LogP contribution in [-0.2, 0) is 0 Å². The van der Waals surface area contributed by atoms with Crippen molar-refractivity contribution in [2.75, 3.05) is 6.54 Å². The smallest absolute Gasteiger partial charge is 0.138 e. The van der Waals surface area contributed by atoms with Crippen molar-refractivity contribution >= 4 is 22.4 Å². The third-order valence-corrected chi connectivity index (χ3v) is 4.77. The van der Waals surface area contributed by atoms with Crippen LogP contribution in [0.4, 0.5) is 0 Å². The summed E-state index contributed by atoms with van der Waals surface area (Å²) in [7, 11) is 0. The number of hydrogen-bond acceptors (Lipinski definition) is 3. The van der Waals surface area contributed by atoms with Gasteiger partial charge >= 0.3 is 0 Å². The molecule has 1 fully saturated rings. The van der Waals surface area contributed by atoms with Crippen molar-refractivity contribution in [1.29, 1.82) is 0 Å². The largest absolute Gasteiger partial charge is 0.489 e. The van der Waals surface area contributed by atoms with Crippen molar-refractivity contribution in [3.05, 3.63) is 35.6 Å². The van der Waals surface area contributed by atoms with Gasteiger partial charge in [-0.15, -0.1) is 0 Å². The highest BCUT2D eigenvalue weighted by Crippen LogP contribution is 2.32. The maximum Gasteiger partial charge on any atom is 0.138 e. The maximum absolute atomic E-state index is 6.37. The Morgan fingerprint density at radius 1 is 1.22 bits per heavy atom. The lowest BCUT2D eigenvalue weighted by atomic mass is 9.92. The number of hydrogen-bond donors (Lipinski definition) is 1. The molecule has 2 aromatic rings. The summed E-state index contributed by atoms with van der Waals surface area (Å²) in [6, 6.07) is 6.60. The number of pyridine rings is 1. The number of nitrogens with zero attached hydrogens (tertiary/aromatic N) is 1. The summed E-state index contributed by atoms with van der Waals surface area (Å²) < 4.78 is 6.19. The van der Waals surface area contributed by atoms with E-state index < -0.39 is 0 Å². The zero-order valence-electron chi connectivity index (χ0n) is 13.9. The van der Waals surface area contributed by atoms with E-state index in [0.717, 1.165) is 35.9 Å². The molecular formula is C19H25ClN2O. The van der Waals surface area contributed by atoms with E-state index in [4.69, 9.17) is 16.3 Å². The Morgan fingerprint density at radius 3 is 2.74 bits per heavy atom. The Hall–Kier alpha value is -1.32. The third kappa shape index (κ3) is 4.36. The molecule has 0 bridgehead atoms. The van der Waals surface area contributed by atoms with Crippen LogP contribution in [0.5, 0.6) is 5.75 Å². The molecule has 23 heavy (non-hydrogen) atoms. The highest BCUT2D eigenvalue weighted by atomic mass is 35.5. The fourth-order valence-electron chi connectivity index (χ4n) is 3.14. The molecule has 0 aliphatic heterocycles. The number of halogens is 1. The molecule has 0 saturated heterocycles. The van der Waals surface area contributed by atoms with Crippen molar-refractivity contribution < 1.29 is 4.74 Å². The van der Waals surface area contributed by atoms with Crippen LogP contribution in [0, 0.1) is 5.92 Å². The fourth-order valence-corrected chi connectivity index (χ4v) is 3.36. The number of fused-ring (bicyclic) bond motifs is 1. The van der Waals surface area contributed by atoms with Gasteiger partial charge < -0.3 is 10.1 Å². The molecule has 0 spiro atoms. The Morgan fingerprint density at radius 2 is 2.00 bits per heavy atom. The number of benzene rings is 1. The molecule has 3 nitrogen and oxygen atoms in total. The van der Waals surface area contributed by atoms with Crippen molar-refractivity contribution in [2.24, 2.45) is 5.92 Å². The van der Waals surface area contributed by atoms with Crippen molar-refractivity contribution in [1.82, 2.24) is 10.3 Å². The number of nitrogens with one attached hydrogen (secondary N) is 1. The van der Waals surface area contributed by atoms with E-state index in [9.17, 15) is 0 Å². The minimum Gasteiger partial charge on any atom is -0.489 e. The van der Waals surface area contributed by atoms with Gasteiger partial charge in [-0.05, 0) is 61.7 Å². The van der Waals surface area contributed by atoms with Gasteiger partial charge in [0.05, 0.1) is 11.1 Å². The van der Waals surface area contributed by atoms with Gasteiger partial charge in [0.15, 0.2) is 0 Å². The van der Waals surface area contributed by atoms with Gasteiger partial charge in [0.25, 0.3) is 0 Å². The van der Waals surface area contributed by atoms with E-state index in [0.29, 0.717) is 17.0 Å². The van der Waals surface area contributed by atoms with Gasteiger partial charge in [-0.2, -0.15) is 0 Å². The van der Waals surface area contributed by atoms with Crippen LogP contribution in [0.3, 0.4) is 0 Å². The molecule has 1 aliphatic carbocycles. The summed E-state index contributed by atoms with van der Waals surface area (Å²) in [5.74, 6) is 1.50. The molecule has 1 heterocycles. The second kappa shape index (κ2) is 7.50. The first-order chi connectivity index (χ1) is 11.1. The molecule has 0 unspecified atom stereocenters. The lowest BCUT2D eigenvalue weighted by molar-refractivity contribution is 0.139. The minimum atomic E-state index is 0.267. The first kappa shape index (κ1) is 16.5. The quantitative estimate of drug-likeness (QED) is 0.852. The topological polar surface area (TPSA) is 34.1 Å². The summed E-state index contributed by atoms with van der Waals surface area (Å²) in [6.07, 6.45) is 8.41. The van der Waals surface area contributed by atoms with Gasteiger partial charge in [-0.25, -0.2) is 0 Å². The number of ether oxygens (including phenoxy) is 1. The van der Waals surface area contributed by atoms with Crippen LogP contribution in [-0.4, -0.2) is 23.7 Å². The first-order valence-electron chi connectivity index (χ1n) is 8.55. The van der Waals surface area contributed by atoms with Crippen molar-refractivity contribution in [3.63, 3.8) is 0 Å². The fraction of sp³-hybridized carbons (Fsp3) is 0.526. The van der Waals surface area contributed by atoms with Crippen LogP contribution in [0.15, 0.2) is 30.6 Å². The molecular weight excluding hydrogens is 308 g/mol. The Labute approximate surface area is 143 Å². The van der Waals surface area contributed by atoms with E-state index in [1.165, 1.54) is 12.8 Å². The standard InChI is InChI=1S/C19H25ClN2O/c1-13(2)11-22-16-3-5-17(6-4-16)23-19-10-14-7-8-21-12-15(14)9-18(19)20/h7-10,12-13,16-17,22H,3-6,11H2,1-2H3/t16-,17+. The second-order valence-corrected chi connectivity index (χ2v) is 7.31. The zero-order chi connectivity index (χ0) is 16.2. The molecule has 1 aromatic carbocycles. The SMILES string of the molecule is CC(C)CN[C@H]1CC[C@@H](Oc2cc3ccncc3cc2Cl)CC1. The molecule has 1 saturated carbocycles. The summed E-state index contributed by atoms with van der Waals surface area (Å²) in [6.45, 7) is 5.60. The lowest BCUT2D eigenvalue weighted by Crippen LogP contribution is -2.37. The van der Waals surface area contributed by atoms with Gasteiger partial charge in [0, 0.05) is 23.8 Å². The molecule has 0 radical (unpaired) electrons. The summed E-state index contributed by atoms with van der Waals surface area (Å²) in [4.78, 5) is 4.13. The second-order valence-electron chi connectivity index (χ2n) is 6.90. The Balaban J connectivity index is 1.59. The maximum atomic E-state index is 6.37. The molecule has 0 amide bonds. The molecule has 3 rings (SSSR count). The van der Waals surface area contributed by atoms with Crippen LogP contribution in [0.1, 0.15) is 39.5 Å². The molecule has 124 valence electrons. The summed E-state index contributed by atoms with van der Waals surface area (Å²) in [5, 5.41) is 6.49. The third-order valence-electron chi connectivity index (χ3n) is 4.47. The van der Waals surface area contributed by atoms with Crippen molar-refractivity contribution in [3.8, 4) is 5.75 Å². The molecule has 0 atom stereocenters. The minimum absolute atomic E-state index is 0.267. The van der Waals surface area contributed by atoms with Crippen LogP contribution in [0.2, 0.25) is 5.02 Å². The molecule has 4 heteroatoms. The van der Waals surface area contributed by atoms with E-state index in [-0.39, 0.29) is 6.10 Å². The average molecular weight is 333 g/mol. The monoisotopic (exact) mass is 332 g/mol. The van der Waals surface area contributed by atoms with Gasteiger partial charge in [0.2, 0.25) is 0 Å². The zero-order valence-corrected chi connectivity index (χ0v) is 14.6. The highest BCUT2D eigenvalue weighted by molar-refractivity contribution is 6.32. The van der Waals surface area contributed by atoms with E-state index in [1.807, 2.05) is 24.4 Å². The molecule has 1 N–H and O–H groups in total. The van der Waals surface area contributed by atoms with E-state index >= 15 is 0 Å². The van der Waals surface area contributed by atoms with Gasteiger partial charge in [0.1, 0.15) is 5.75 Å². The van der Waals surface area contributed by atoms with Gasteiger partial charge in [-0.1, -0.05) is 25.4 Å². The van der Waals surface area contributed by atoms with Gasteiger partial charge in [-0.3, -0.25) is 4.98 Å². The number of rotatable bonds is 5. The van der Waals surface area contributed by atoms with Crippen LogP contribution >= 0.6 is 11.6 Å². The van der Waals surface area contributed by atoms with Crippen LogP contribution < -0.4 is 10.1 Å². The Bertz CT molecular complexity index is 651. The Kier molecular flexibility index (Phi) is 5.39.